The number of methoxy groups -OCH3 is 1. The maximum atomic E-state index is 14.6. The standard InChI is InChI=1S/C35H57N3O11/c1-12-25-35(8)29-23(17-36-13-14-38(29)33(43)49-35)26(40)18(2)16-34(7,44-11)30(20(4)27(41)21(5)31(42)47-25)48-32-28(46-22(6)39)24(37(9)10)15-19(3)45-32/h18-21,23-25,28-30,32,36H,12-17H2,1-11H3/t18-,19-,20+,21-,23?,24+,25-,28-,29?,30-,32?,34+,35-/m1/s1. The number of carbonyl (C=O) groups is 5. The predicted molar refractivity (Wildman–Crippen MR) is 176 cm³/mol. The van der Waals surface area contributed by atoms with Gasteiger partial charge in [-0.15, -0.1) is 0 Å². The quantitative estimate of drug-likeness (QED) is 0.245. The summed E-state index contributed by atoms with van der Waals surface area (Å²) >= 11 is 0. The zero-order valence-corrected chi connectivity index (χ0v) is 31.0. The topological polar surface area (TPSA) is 159 Å². The second kappa shape index (κ2) is 15.3. The van der Waals surface area contributed by atoms with Crippen molar-refractivity contribution >= 4 is 29.6 Å². The summed E-state index contributed by atoms with van der Waals surface area (Å²) in [4.78, 5) is 71.7. The van der Waals surface area contributed by atoms with Crippen molar-refractivity contribution in [2.24, 2.45) is 23.7 Å². The third-order valence-electron chi connectivity index (χ3n) is 11.2. The summed E-state index contributed by atoms with van der Waals surface area (Å²) in [5.74, 6) is -5.38. The van der Waals surface area contributed by atoms with Crippen molar-refractivity contribution in [1.82, 2.24) is 15.1 Å². The minimum absolute atomic E-state index is 0.130. The molecule has 4 saturated heterocycles. The van der Waals surface area contributed by atoms with Crippen molar-refractivity contribution < 1.29 is 52.4 Å². The normalized spacial score (nSPS) is 42.5. The number of hydrogen-bond acceptors (Lipinski definition) is 13. The summed E-state index contributed by atoms with van der Waals surface area (Å²) in [6, 6.07) is -0.978. The smallest absolute Gasteiger partial charge is 0.410 e. The van der Waals surface area contributed by atoms with E-state index in [0.29, 0.717) is 26.1 Å². The van der Waals surface area contributed by atoms with Crippen LogP contribution in [0.3, 0.4) is 0 Å². The molecule has 1 N–H and O–H groups in total. The van der Waals surface area contributed by atoms with Crippen LogP contribution in [-0.2, 0) is 47.6 Å². The predicted octanol–water partition coefficient (Wildman–Crippen LogP) is 2.34. The van der Waals surface area contributed by atoms with E-state index in [9.17, 15) is 24.0 Å². The molecule has 14 heteroatoms. The van der Waals surface area contributed by atoms with Gasteiger partial charge in [0.1, 0.15) is 17.8 Å². The Kier molecular flexibility index (Phi) is 12.2. The molecule has 13 atom stereocenters. The van der Waals surface area contributed by atoms with Crippen molar-refractivity contribution in [1.29, 1.82) is 0 Å². The molecule has 4 fully saturated rings. The molecule has 3 unspecified atom stereocenters. The second-order valence-electron chi connectivity index (χ2n) is 15.0. The van der Waals surface area contributed by atoms with Crippen LogP contribution in [0, 0.1) is 23.7 Å². The van der Waals surface area contributed by atoms with Gasteiger partial charge < -0.3 is 38.6 Å². The fraction of sp³-hybridized carbons (Fsp3) is 0.857. The first-order valence-corrected chi connectivity index (χ1v) is 17.6. The summed E-state index contributed by atoms with van der Waals surface area (Å²) in [5.41, 5.74) is -2.61. The third kappa shape index (κ3) is 7.68. The number of nitrogens with zero attached hydrogens (tertiary/aromatic N) is 2. The molecule has 1 amide bonds. The van der Waals surface area contributed by atoms with Crippen molar-refractivity contribution in [3.8, 4) is 0 Å². The number of hydrogen-bond donors (Lipinski definition) is 1. The molecule has 49 heavy (non-hydrogen) atoms. The Morgan fingerprint density at radius 2 is 1.76 bits per heavy atom. The van der Waals surface area contributed by atoms with E-state index in [1.807, 2.05) is 39.8 Å². The van der Waals surface area contributed by atoms with E-state index in [1.165, 1.54) is 21.0 Å². The van der Waals surface area contributed by atoms with E-state index in [4.69, 9.17) is 28.4 Å². The summed E-state index contributed by atoms with van der Waals surface area (Å²) in [6.45, 7) is 14.5. The number of ketones is 2. The van der Waals surface area contributed by atoms with E-state index >= 15 is 0 Å². The van der Waals surface area contributed by atoms with Crippen LogP contribution in [0.1, 0.15) is 74.7 Å². The van der Waals surface area contributed by atoms with E-state index in [1.54, 1.807) is 25.7 Å². The minimum Gasteiger partial charge on any atom is -0.458 e. The van der Waals surface area contributed by atoms with Crippen molar-refractivity contribution in [2.45, 2.75) is 129 Å². The molecule has 0 aromatic heterocycles. The Hall–Kier alpha value is -2.65. The highest BCUT2D eigenvalue weighted by Crippen LogP contribution is 2.43. The summed E-state index contributed by atoms with van der Waals surface area (Å²) in [5, 5.41) is 3.31. The number of likely N-dealkylation sites (N-methyl/N-ethyl adjacent to an activating group) is 1. The van der Waals surface area contributed by atoms with E-state index in [-0.39, 0.29) is 30.8 Å². The molecule has 278 valence electrons. The number of carbonyl (C=O) groups excluding carboxylic acids is 5. The number of ether oxygens (including phenoxy) is 6. The molecule has 4 rings (SSSR count). The maximum Gasteiger partial charge on any atom is 0.410 e. The van der Waals surface area contributed by atoms with Gasteiger partial charge >= 0.3 is 18.0 Å². The van der Waals surface area contributed by atoms with E-state index in [2.05, 4.69) is 5.32 Å². The van der Waals surface area contributed by atoms with Crippen LogP contribution in [0.4, 0.5) is 4.79 Å². The fourth-order valence-electron chi connectivity index (χ4n) is 8.45. The number of cyclic esters (lactones) is 1. The van der Waals surface area contributed by atoms with Crippen molar-refractivity contribution in [2.75, 3.05) is 40.8 Å². The van der Waals surface area contributed by atoms with Gasteiger partial charge in [0, 0.05) is 45.5 Å². The molecule has 0 radical (unpaired) electrons. The SMILES string of the molecule is CC[C@H]1OC(=O)[C@H](C)C(=O)[C@H](C)[C@@H](OC2O[C@H](C)C[C@H](N(C)C)[C@H]2OC(C)=O)[C@@](C)(OC)C[C@@H](C)C(=O)C2CNCCN3C(=O)O[C@@]1(C)C23. The first kappa shape index (κ1) is 39.1. The number of Topliss-reactive ketones (excluding diaryl/α,β-unsaturated/α-hetero) is 2. The average Bonchev–Trinajstić information content (AvgIpc) is 3.17. The average molecular weight is 696 g/mol. The van der Waals surface area contributed by atoms with Crippen LogP contribution in [0.15, 0.2) is 0 Å². The molecule has 4 aliphatic rings. The molecule has 14 nitrogen and oxygen atoms in total. The minimum atomic E-state index is -1.34. The largest absolute Gasteiger partial charge is 0.458 e. The monoisotopic (exact) mass is 695 g/mol. The summed E-state index contributed by atoms with van der Waals surface area (Å²) in [6.07, 6.45) is -3.77. The Morgan fingerprint density at radius 3 is 2.35 bits per heavy atom. The molecule has 4 heterocycles. The van der Waals surface area contributed by atoms with Gasteiger partial charge in [0.15, 0.2) is 23.8 Å². The lowest BCUT2D eigenvalue weighted by molar-refractivity contribution is -0.298. The molecule has 0 bridgehead atoms. The fourth-order valence-corrected chi connectivity index (χ4v) is 8.45. The van der Waals surface area contributed by atoms with Crippen LogP contribution in [-0.4, -0.2) is 134 Å². The van der Waals surface area contributed by atoms with Crippen molar-refractivity contribution in [3.05, 3.63) is 0 Å². The highest BCUT2D eigenvalue weighted by Gasteiger charge is 2.61. The van der Waals surface area contributed by atoms with Gasteiger partial charge in [0.25, 0.3) is 0 Å². The number of amides is 1. The first-order chi connectivity index (χ1) is 22.9. The number of nitrogens with one attached hydrogen (secondary N) is 1. The zero-order valence-electron chi connectivity index (χ0n) is 31.0. The Labute approximate surface area is 290 Å². The van der Waals surface area contributed by atoms with E-state index in [0.717, 1.165) is 0 Å². The van der Waals surface area contributed by atoms with Gasteiger partial charge in [-0.05, 0) is 61.1 Å². The van der Waals surface area contributed by atoms with Crippen LogP contribution in [0.25, 0.3) is 0 Å². The molecule has 0 spiro atoms. The molecule has 0 aromatic rings. The molecular weight excluding hydrogens is 638 g/mol. The maximum absolute atomic E-state index is 14.6. The van der Waals surface area contributed by atoms with E-state index < -0.39 is 89.3 Å². The Bertz CT molecular complexity index is 1260. The van der Waals surface area contributed by atoms with Gasteiger partial charge in [-0.2, -0.15) is 0 Å². The third-order valence-corrected chi connectivity index (χ3v) is 11.2. The van der Waals surface area contributed by atoms with Crippen molar-refractivity contribution in [3.63, 3.8) is 0 Å². The highest BCUT2D eigenvalue weighted by atomic mass is 16.7. The lowest BCUT2D eigenvalue weighted by Gasteiger charge is -2.47. The molecule has 4 aliphatic heterocycles. The number of rotatable bonds is 6. The lowest BCUT2D eigenvalue weighted by atomic mass is 9.73. The number of esters is 2. The summed E-state index contributed by atoms with van der Waals surface area (Å²) < 4.78 is 37.0. The second-order valence-corrected chi connectivity index (χ2v) is 15.0. The van der Waals surface area contributed by atoms with Crippen LogP contribution < -0.4 is 5.32 Å². The first-order valence-electron chi connectivity index (χ1n) is 17.6. The molecule has 0 aromatic carbocycles. The van der Waals surface area contributed by atoms with Gasteiger partial charge in [-0.25, -0.2) is 4.79 Å². The van der Waals surface area contributed by atoms with Gasteiger partial charge in [0.2, 0.25) is 0 Å². The van der Waals surface area contributed by atoms with Gasteiger partial charge in [-0.1, -0.05) is 20.8 Å². The van der Waals surface area contributed by atoms with Gasteiger partial charge in [-0.3, -0.25) is 24.1 Å². The van der Waals surface area contributed by atoms with Crippen LogP contribution in [0.5, 0.6) is 0 Å². The summed E-state index contributed by atoms with van der Waals surface area (Å²) in [7, 11) is 5.25. The Morgan fingerprint density at radius 1 is 1.08 bits per heavy atom. The molecule has 0 aliphatic carbocycles. The zero-order chi connectivity index (χ0) is 36.6. The molecular formula is C35H57N3O11. The van der Waals surface area contributed by atoms with Crippen LogP contribution in [0.2, 0.25) is 0 Å². The Balaban J connectivity index is 1.82. The molecule has 0 saturated carbocycles. The lowest BCUT2D eigenvalue weighted by Crippen LogP contribution is -2.61. The highest BCUT2D eigenvalue weighted by molar-refractivity contribution is 6.00. The van der Waals surface area contributed by atoms with Crippen LogP contribution >= 0.6 is 0 Å². The van der Waals surface area contributed by atoms with Gasteiger partial charge in [0.05, 0.1) is 35.8 Å².